The van der Waals surface area contributed by atoms with Crippen LogP contribution in [0, 0.1) is 6.92 Å². The van der Waals surface area contributed by atoms with Crippen LogP contribution in [-0.4, -0.2) is 52.0 Å². The molecule has 0 saturated carbocycles. The number of primary amides is 1. The predicted molar refractivity (Wildman–Crippen MR) is 134 cm³/mol. The Balaban J connectivity index is 1.70. The fraction of sp³-hybridized carbons (Fsp3) is 0.348. The first-order valence-corrected chi connectivity index (χ1v) is 12.7. The maximum Gasteiger partial charge on any atom is 0.341 e. The standard InChI is InChI=1S/C23H27N5O5S2/c1-5-28-16(11-14-7-9-15(32-4)10-8-14)26-27-23(28)34-12-17(29)25-21-18(22(31)33-6-2)13(3)19(35-21)20(24)30/h7-10H,5-6,11-12H2,1-4H3,(H2,24,30)(H,25,29). The van der Waals surface area contributed by atoms with Crippen LogP contribution >= 0.6 is 23.1 Å². The molecule has 3 N–H and O–H groups in total. The molecular formula is C23H27N5O5S2. The van der Waals surface area contributed by atoms with Crippen LogP contribution in [0.1, 0.15) is 50.8 Å². The number of hydrogen-bond acceptors (Lipinski definition) is 9. The van der Waals surface area contributed by atoms with E-state index in [4.69, 9.17) is 15.2 Å². The maximum atomic E-state index is 12.7. The van der Waals surface area contributed by atoms with E-state index in [9.17, 15) is 14.4 Å². The number of anilines is 1. The van der Waals surface area contributed by atoms with Crippen LogP contribution in [0.25, 0.3) is 0 Å². The monoisotopic (exact) mass is 517 g/mol. The summed E-state index contributed by atoms with van der Waals surface area (Å²) in [4.78, 5) is 37.0. The minimum Gasteiger partial charge on any atom is -0.497 e. The Labute approximate surface area is 211 Å². The summed E-state index contributed by atoms with van der Waals surface area (Å²) >= 11 is 2.19. The minimum atomic E-state index is -0.673. The number of thiophene rings is 1. The smallest absolute Gasteiger partial charge is 0.341 e. The van der Waals surface area contributed by atoms with Crippen molar-refractivity contribution in [3.63, 3.8) is 0 Å². The average molecular weight is 518 g/mol. The van der Waals surface area contributed by atoms with E-state index in [1.807, 2.05) is 35.8 Å². The molecular weight excluding hydrogens is 490 g/mol. The van der Waals surface area contributed by atoms with Gasteiger partial charge in [0.2, 0.25) is 5.91 Å². The van der Waals surface area contributed by atoms with Gasteiger partial charge in [-0.1, -0.05) is 23.9 Å². The van der Waals surface area contributed by atoms with Crippen LogP contribution < -0.4 is 15.8 Å². The Kier molecular flexibility index (Phi) is 8.88. The molecule has 10 nitrogen and oxygen atoms in total. The molecule has 0 atom stereocenters. The number of nitrogens with one attached hydrogen (secondary N) is 1. The molecule has 0 saturated heterocycles. The van der Waals surface area contributed by atoms with Crippen LogP contribution in [0.15, 0.2) is 29.4 Å². The van der Waals surface area contributed by atoms with Crippen molar-refractivity contribution in [3.8, 4) is 5.75 Å². The molecule has 186 valence electrons. The van der Waals surface area contributed by atoms with Crippen LogP contribution in [0.3, 0.4) is 0 Å². The highest BCUT2D eigenvalue weighted by Crippen LogP contribution is 2.34. The van der Waals surface area contributed by atoms with Gasteiger partial charge in [-0.25, -0.2) is 4.79 Å². The number of amides is 2. The summed E-state index contributed by atoms with van der Waals surface area (Å²) in [5.41, 5.74) is 7.01. The van der Waals surface area contributed by atoms with E-state index >= 15 is 0 Å². The van der Waals surface area contributed by atoms with Crippen molar-refractivity contribution in [3.05, 3.63) is 51.7 Å². The van der Waals surface area contributed by atoms with Crippen LogP contribution in [0.4, 0.5) is 5.00 Å². The van der Waals surface area contributed by atoms with Crippen molar-refractivity contribution in [2.24, 2.45) is 5.73 Å². The lowest BCUT2D eigenvalue weighted by atomic mass is 10.1. The number of ether oxygens (including phenoxy) is 2. The van der Waals surface area contributed by atoms with E-state index in [1.165, 1.54) is 11.8 Å². The molecule has 0 aliphatic heterocycles. The van der Waals surface area contributed by atoms with E-state index in [2.05, 4.69) is 15.5 Å². The first-order chi connectivity index (χ1) is 16.8. The zero-order valence-electron chi connectivity index (χ0n) is 19.9. The highest BCUT2D eigenvalue weighted by molar-refractivity contribution is 7.99. The van der Waals surface area contributed by atoms with Crippen molar-refractivity contribution in [1.29, 1.82) is 0 Å². The third-order valence-corrected chi connectivity index (χ3v) is 7.25. The largest absolute Gasteiger partial charge is 0.497 e. The molecule has 12 heteroatoms. The SMILES string of the molecule is CCOC(=O)c1c(NC(=O)CSc2nnc(Cc3ccc(OC)cc3)n2CC)sc(C(N)=O)c1C. The summed E-state index contributed by atoms with van der Waals surface area (Å²) in [6.07, 6.45) is 0.588. The predicted octanol–water partition coefficient (Wildman–Crippen LogP) is 3.27. The second-order valence-electron chi connectivity index (χ2n) is 7.35. The van der Waals surface area contributed by atoms with Gasteiger partial charge in [-0.3, -0.25) is 9.59 Å². The molecule has 1 aromatic carbocycles. The molecule has 0 unspecified atom stereocenters. The number of nitrogens with two attached hydrogens (primary N) is 1. The lowest BCUT2D eigenvalue weighted by Gasteiger charge is -2.09. The third kappa shape index (κ3) is 6.20. The van der Waals surface area contributed by atoms with Crippen molar-refractivity contribution in [1.82, 2.24) is 14.8 Å². The first-order valence-electron chi connectivity index (χ1n) is 10.9. The van der Waals surface area contributed by atoms with Gasteiger partial charge in [-0.05, 0) is 44.0 Å². The number of methoxy groups -OCH3 is 1. The topological polar surface area (TPSA) is 138 Å². The lowest BCUT2D eigenvalue weighted by Crippen LogP contribution is -2.17. The molecule has 35 heavy (non-hydrogen) atoms. The normalized spacial score (nSPS) is 10.7. The maximum absolute atomic E-state index is 12.7. The zero-order chi connectivity index (χ0) is 25.5. The van der Waals surface area contributed by atoms with Gasteiger partial charge in [0, 0.05) is 13.0 Å². The number of carbonyl (C=O) groups is 3. The second kappa shape index (κ2) is 11.8. The van der Waals surface area contributed by atoms with Gasteiger partial charge in [-0.15, -0.1) is 21.5 Å². The summed E-state index contributed by atoms with van der Waals surface area (Å²) in [6, 6.07) is 7.72. The van der Waals surface area contributed by atoms with Gasteiger partial charge >= 0.3 is 5.97 Å². The fourth-order valence-electron chi connectivity index (χ4n) is 3.38. The lowest BCUT2D eigenvalue weighted by molar-refractivity contribution is -0.113. The molecule has 3 aromatic rings. The van der Waals surface area contributed by atoms with Crippen LogP contribution in [0.2, 0.25) is 0 Å². The molecule has 0 aliphatic rings. The summed E-state index contributed by atoms with van der Waals surface area (Å²) in [5, 5.41) is 12.1. The summed E-state index contributed by atoms with van der Waals surface area (Å²) in [5.74, 6) is -0.0570. The van der Waals surface area contributed by atoms with Gasteiger partial charge in [0.25, 0.3) is 5.91 Å². The van der Waals surface area contributed by atoms with Gasteiger partial charge < -0.3 is 25.1 Å². The number of benzene rings is 1. The highest BCUT2D eigenvalue weighted by Gasteiger charge is 2.26. The number of thioether (sulfide) groups is 1. The van der Waals surface area contributed by atoms with E-state index in [0.29, 0.717) is 23.7 Å². The highest BCUT2D eigenvalue weighted by atomic mass is 32.2. The fourth-order valence-corrected chi connectivity index (χ4v) is 5.26. The van der Waals surface area contributed by atoms with E-state index in [1.54, 1.807) is 21.0 Å². The Morgan fingerprint density at radius 2 is 1.89 bits per heavy atom. The molecule has 0 radical (unpaired) electrons. The van der Waals surface area contributed by atoms with Crippen LogP contribution in [0.5, 0.6) is 5.75 Å². The molecule has 2 amide bonds. The molecule has 0 spiro atoms. The van der Waals surface area contributed by atoms with E-state index < -0.39 is 11.9 Å². The number of esters is 1. The Morgan fingerprint density at radius 1 is 1.17 bits per heavy atom. The quantitative estimate of drug-likeness (QED) is 0.292. The van der Waals surface area contributed by atoms with Crippen molar-refractivity contribution in [2.45, 2.75) is 38.9 Å². The summed E-state index contributed by atoms with van der Waals surface area (Å²) in [7, 11) is 1.62. The van der Waals surface area contributed by atoms with E-state index in [-0.39, 0.29) is 33.7 Å². The number of carbonyl (C=O) groups excluding carboxylic acids is 3. The van der Waals surface area contributed by atoms with Gasteiger partial charge in [0.05, 0.1) is 29.9 Å². The van der Waals surface area contributed by atoms with Gasteiger partial charge in [-0.2, -0.15) is 0 Å². The second-order valence-corrected chi connectivity index (χ2v) is 9.31. The summed E-state index contributed by atoms with van der Waals surface area (Å²) in [6.45, 7) is 6.06. The zero-order valence-corrected chi connectivity index (χ0v) is 21.5. The molecule has 0 aliphatic carbocycles. The van der Waals surface area contributed by atoms with Crippen LogP contribution in [-0.2, 0) is 22.5 Å². The number of hydrogen-bond donors (Lipinski definition) is 2. The van der Waals surface area contributed by atoms with Gasteiger partial charge in [0.1, 0.15) is 16.6 Å². The third-order valence-electron chi connectivity index (χ3n) is 5.07. The number of nitrogens with zero attached hydrogens (tertiary/aromatic N) is 3. The number of aromatic nitrogens is 3. The van der Waals surface area contributed by atoms with E-state index in [0.717, 1.165) is 28.5 Å². The molecule has 2 heterocycles. The number of rotatable bonds is 11. The Morgan fingerprint density at radius 3 is 2.49 bits per heavy atom. The average Bonchev–Trinajstić information content (AvgIpc) is 3.38. The summed E-state index contributed by atoms with van der Waals surface area (Å²) < 4.78 is 12.2. The van der Waals surface area contributed by atoms with Crippen molar-refractivity contribution >= 4 is 45.9 Å². The Bertz CT molecular complexity index is 1220. The minimum absolute atomic E-state index is 0.0335. The molecule has 2 aromatic heterocycles. The van der Waals surface area contributed by atoms with Crippen molar-refractivity contribution < 1.29 is 23.9 Å². The van der Waals surface area contributed by atoms with Crippen molar-refractivity contribution in [2.75, 3.05) is 24.8 Å². The molecule has 0 fully saturated rings. The van der Waals surface area contributed by atoms with Gasteiger partial charge in [0.15, 0.2) is 5.16 Å². The molecule has 3 rings (SSSR count). The first kappa shape index (κ1) is 26.2. The molecule has 0 bridgehead atoms. The Hall–Kier alpha value is -3.38.